The minimum atomic E-state index is 0.0133. The number of benzene rings is 1. The average molecular weight is 286 g/mol. The summed E-state index contributed by atoms with van der Waals surface area (Å²) < 4.78 is 5.57. The van der Waals surface area contributed by atoms with E-state index < -0.39 is 0 Å². The van der Waals surface area contributed by atoms with E-state index in [1.165, 1.54) is 11.9 Å². The van der Waals surface area contributed by atoms with Crippen LogP contribution in [0.15, 0.2) is 30.6 Å². The fourth-order valence-corrected chi connectivity index (χ4v) is 1.91. The number of aromatic nitrogens is 2. The first-order valence-corrected chi connectivity index (χ1v) is 7.11. The van der Waals surface area contributed by atoms with Crippen molar-refractivity contribution in [3.05, 3.63) is 36.2 Å². The number of hydrogen-bond donors (Lipinski definition) is 2. The molecule has 0 fully saturated rings. The summed E-state index contributed by atoms with van der Waals surface area (Å²) in [6, 6.07) is 8.19. The molecule has 1 heterocycles. The van der Waals surface area contributed by atoms with Gasteiger partial charge in [-0.3, -0.25) is 0 Å². The van der Waals surface area contributed by atoms with Crippen LogP contribution in [0.25, 0.3) is 0 Å². The normalized spacial score (nSPS) is 11.0. The molecule has 1 aromatic heterocycles. The molecule has 5 nitrogen and oxygen atoms in total. The van der Waals surface area contributed by atoms with E-state index >= 15 is 0 Å². The van der Waals surface area contributed by atoms with Crippen molar-refractivity contribution in [2.75, 3.05) is 11.1 Å². The van der Waals surface area contributed by atoms with Crippen LogP contribution in [0.1, 0.15) is 39.2 Å². The predicted molar refractivity (Wildman–Crippen MR) is 86.0 cm³/mol. The maximum absolute atomic E-state index is 6.06. The van der Waals surface area contributed by atoms with E-state index in [1.807, 2.05) is 26.0 Å². The number of hydrogen-bond acceptors (Lipinski definition) is 5. The van der Waals surface area contributed by atoms with Gasteiger partial charge in [-0.15, -0.1) is 0 Å². The molecular formula is C16H22N4O. The fraction of sp³-hybridized carbons (Fsp3) is 0.375. The van der Waals surface area contributed by atoms with Gasteiger partial charge in [0.05, 0.1) is 6.10 Å². The van der Waals surface area contributed by atoms with Gasteiger partial charge in [0, 0.05) is 5.69 Å². The van der Waals surface area contributed by atoms with Gasteiger partial charge in [-0.2, -0.15) is 4.98 Å². The zero-order valence-electron chi connectivity index (χ0n) is 12.9. The molecule has 0 aliphatic rings. The van der Waals surface area contributed by atoms with E-state index in [4.69, 9.17) is 10.5 Å². The summed E-state index contributed by atoms with van der Waals surface area (Å²) >= 11 is 0. The van der Waals surface area contributed by atoms with Gasteiger partial charge in [-0.05, 0) is 37.5 Å². The van der Waals surface area contributed by atoms with E-state index in [0.29, 0.717) is 23.3 Å². The maximum Gasteiger partial charge on any atom is 0.242 e. The third-order valence-corrected chi connectivity index (χ3v) is 3.01. The van der Waals surface area contributed by atoms with Crippen LogP contribution < -0.4 is 15.8 Å². The van der Waals surface area contributed by atoms with Gasteiger partial charge in [-0.25, -0.2) is 4.98 Å². The molecule has 0 radical (unpaired) electrons. The number of anilines is 3. The highest BCUT2D eigenvalue weighted by atomic mass is 16.5. The lowest BCUT2D eigenvalue weighted by molar-refractivity contribution is 0.234. The third kappa shape index (κ3) is 3.84. The van der Waals surface area contributed by atoms with Crippen LogP contribution in [0.5, 0.6) is 5.88 Å². The number of nitrogens with two attached hydrogens (primary N) is 1. The van der Waals surface area contributed by atoms with Crippen molar-refractivity contribution in [3.8, 4) is 5.88 Å². The summed E-state index contributed by atoms with van der Waals surface area (Å²) in [4.78, 5) is 8.26. The molecule has 5 heteroatoms. The van der Waals surface area contributed by atoms with Gasteiger partial charge < -0.3 is 15.8 Å². The van der Waals surface area contributed by atoms with E-state index in [1.54, 1.807) is 0 Å². The zero-order valence-corrected chi connectivity index (χ0v) is 12.9. The third-order valence-electron chi connectivity index (χ3n) is 3.01. The van der Waals surface area contributed by atoms with Crippen LogP contribution in [-0.2, 0) is 0 Å². The molecule has 0 amide bonds. The number of ether oxygens (including phenoxy) is 1. The summed E-state index contributed by atoms with van der Waals surface area (Å²) in [5.41, 5.74) is 8.68. The molecule has 0 aliphatic heterocycles. The van der Waals surface area contributed by atoms with Gasteiger partial charge in [0.2, 0.25) is 5.88 Å². The van der Waals surface area contributed by atoms with Crippen molar-refractivity contribution < 1.29 is 4.74 Å². The summed E-state index contributed by atoms with van der Waals surface area (Å²) in [5, 5.41) is 3.22. The first-order valence-electron chi connectivity index (χ1n) is 7.11. The second kappa shape index (κ2) is 6.43. The van der Waals surface area contributed by atoms with Crippen molar-refractivity contribution in [3.63, 3.8) is 0 Å². The number of nitrogen functional groups attached to an aromatic ring is 1. The second-order valence-corrected chi connectivity index (χ2v) is 5.51. The van der Waals surface area contributed by atoms with Gasteiger partial charge in [0.15, 0.2) is 5.82 Å². The number of nitrogens with one attached hydrogen (secondary N) is 1. The minimum Gasteiger partial charge on any atom is -0.473 e. The van der Waals surface area contributed by atoms with Crippen molar-refractivity contribution in [2.45, 2.75) is 39.7 Å². The second-order valence-electron chi connectivity index (χ2n) is 5.51. The standard InChI is InChI=1S/C16H22N4O/c1-10(2)12-6-5-7-13(8-12)20-15-14(17)16(19-9-18-15)21-11(3)4/h5-11H,17H2,1-4H3,(H,18,19,20). The van der Waals surface area contributed by atoms with Gasteiger partial charge in [-0.1, -0.05) is 26.0 Å². The predicted octanol–water partition coefficient (Wildman–Crippen LogP) is 3.71. The highest BCUT2D eigenvalue weighted by Crippen LogP contribution is 2.29. The van der Waals surface area contributed by atoms with Crippen molar-refractivity contribution >= 4 is 17.2 Å². The first kappa shape index (κ1) is 15.1. The molecule has 2 aromatic rings. The van der Waals surface area contributed by atoms with E-state index in [0.717, 1.165) is 5.69 Å². The lowest BCUT2D eigenvalue weighted by Crippen LogP contribution is -2.10. The molecular weight excluding hydrogens is 264 g/mol. The lowest BCUT2D eigenvalue weighted by atomic mass is 10.0. The molecule has 21 heavy (non-hydrogen) atoms. The Morgan fingerprint density at radius 3 is 2.57 bits per heavy atom. The molecule has 0 saturated carbocycles. The summed E-state index contributed by atoms with van der Waals surface area (Å²) in [6.07, 6.45) is 1.46. The van der Waals surface area contributed by atoms with E-state index in [2.05, 4.69) is 41.3 Å². The Morgan fingerprint density at radius 2 is 1.90 bits per heavy atom. The molecule has 2 rings (SSSR count). The Bertz CT molecular complexity index is 611. The molecule has 0 atom stereocenters. The Kier molecular flexibility index (Phi) is 4.62. The van der Waals surface area contributed by atoms with E-state index in [9.17, 15) is 0 Å². The summed E-state index contributed by atoms with van der Waals surface area (Å²) in [6.45, 7) is 8.18. The smallest absolute Gasteiger partial charge is 0.242 e. The Balaban J connectivity index is 2.25. The minimum absolute atomic E-state index is 0.0133. The van der Waals surface area contributed by atoms with Crippen LogP contribution in [0, 0.1) is 0 Å². The molecule has 0 aliphatic carbocycles. The van der Waals surface area contributed by atoms with Crippen LogP contribution in [0.2, 0.25) is 0 Å². The van der Waals surface area contributed by atoms with Gasteiger partial charge in [0.1, 0.15) is 12.0 Å². The largest absolute Gasteiger partial charge is 0.473 e. The van der Waals surface area contributed by atoms with Crippen molar-refractivity contribution in [1.82, 2.24) is 9.97 Å². The monoisotopic (exact) mass is 286 g/mol. The Morgan fingerprint density at radius 1 is 1.14 bits per heavy atom. The Hall–Kier alpha value is -2.30. The molecule has 0 bridgehead atoms. The van der Waals surface area contributed by atoms with Crippen LogP contribution in [-0.4, -0.2) is 16.1 Å². The quantitative estimate of drug-likeness (QED) is 0.876. The summed E-state index contributed by atoms with van der Waals surface area (Å²) in [5.74, 6) is 1.43. The molecule has 112 valence electrons. The highest BCUT2D eigenvalue weighted by molar-refractivity contribution is 5.72. The topological polar surface area (TPSA) is 73.1 Å². The number of nitrogens with zero attached hydrogens (tertiary/aromatic N) is 2. The van der Waals surface area contributed by atoms with Crippen molar-refractivity contribution in [2.24, 2.45) is 0 Å². The molecule has 0 saturated heterocycles. The van der Waals surface area contributed by atoms with Crippen LogP contribution in [0.3, 0.4) is 0 Å². The van der Waals surface area contributed by atoms with Crippen LogP contribution >= 0.6 is 0 Å². The lowest BCUT2D eigenvalue weighted by Gasteiger charge is -2.14. The first-order chi connectivity index (χ1) is 9.97. The molecule has 3 N–H and O–H groups in total. The fourth-order valence-electron chi connectivity index (χ4n) is 1.91. The zero-order chi connectivity index (χ0) is 15.4. The molecule has 0 spiro atoms. The molecule has 0 unspecified atom stereocenters. The van der Waals surface area contributed by atoms with E-state index in [-0.39, 0.29) is 6.10 Å². The number of rotatable bonds is 5. The molecule has 1 aromatic carbocycles. The highest BCUT2D eigenvalue weighted by Gasteiger charge is 2.11. The van der Waals surface area contributed by atoms with Gasteiger partial charge in [0.25, 0.3) is 0 Å². The average Bonchev–Trinajstić information content (AvgIpc) is 2.43. The SMILES string of the molecule is CC(C)Oc1ncnc(Nc2cccc(C(C)C)c2)c1N. The van der Waals surface area contributed by atoms with Gasteiger partial charge >= 0.3 is 0 Å². The van der Waals surface area contributed by atoms with Crippen molar-refractivity contribution in [1.29, 1.82) is 0 Å². The maximum atomic E-state index is 6.06. The summed E-state index contributed by atoms with van der Waals surface area (Å²) in [7, 11) is 0. The Labute approximate surface area is 125 Å². The van der Waals surface area contributed by atoms with Crippen LogP contribution in [0.4, 0.5) is 17.2 Å².